The number of aliphatic carboxylic acids is 1. The summed E-state index contributed by atoms with van der Waals surface area (Å²) in [5.41, 5.74) is 0.209. The van der Waals surface area contributed by atoms with Crippen molar-refractivity contribution >= 4 is 21.9 Å². The summed E-state index contributed by atoms with van der Waals surface area (Å²) in [5, 5.41) is 11.7. The molecule has 140 valence electrons. The molecule has 0 fully saturated rings. The lowest BCUT2D eigenvalue weighted by molar-refractivity contribution is -0.140. The second kappa shape index (κ2) is 8.44. The third kappa shape index (κ3) is 5.02. The van der Waals surface area contributed by atoms with Gasteiger partial charge in [-0.05, 0) is 44.0 Å². The zero-order valence-electron chi connectivity index (χ0n) is 15.2. The Morgan fingerprint density at radius 2 is 1.68 bits per heavy atom. The van der Waals surface area contributed by atoms with E-state index < -0.39 is 27.9 Å². The molecular weight excluding hydrogens is 344 g/mol. The van der Waals surface area contributed by atoms with Gasteiger partial charge in [-0.2, -0.15) is 4.31 Å². The largest absolute Gasteiger partial charge is 0.480 e. The Morgan fingerprint density at radius 3 is 2.08 bits per heavy atom. The number of nitrogens with one attached hydrogen (secondary N) is 1. The summed E-state index contributed by atoms with van der Waals surface area (Å²) >= 11 is 0. The molecule has 0 aromatic heterocycles. The first-order valence-corrected chi connectivity index (χ1v) is 9.58. The fourth-order valence-corrected chi connectivity index (χ4v) is 3.50. The van der Waals surface area contributed by atoms with E-state index >= 15 is 0 Å². The van der Waals surface area contributed by atoms with Crippen LogP contribution in [0, 0.1) is 5.92 Å². The van der Waals surface area contributed by atoms with Gasteiger partial charge in [0.2, 0.25) is 10.0 Å². The van der Waals surface area contributed by atoms with Gasteiger partial charge in [0.15, 0.2) is 0 Å². The van der Waals surface area contributed by atoms with E-state index in [0.717, 1.165) is 0 Å². The van der Waals surface area contributed by atoms with Crippen LogP contribution in [0.1, 0.15) is 44.5 Å². The summed E-state index contributed by atoms with van der Waals surface area (Å²) < 4.78 is 26.0. The number of carboxylic acid groups (broad SMARTS) is 1. The summed E-state index contributed by atoms with van der Waals surface area (Å²) in [6, 6.07) is 4.27. The van der Waals surface area contributed by atoms with Crippen molar-refractivity contribution in [3.63, 3.8) is 0 Å². The highest BCUT2D eigenvalue weighted by Crippen LogP contribution is 2.17. The minimum absolute atomic E-state index is 0.0805. The van der Waals surface area contributed by atoms with Gasteiger partial charge in [0.05, 0.1) is 4.90 Å². The molecule has 0 aliphatic rings. The van der Waals surface area contributed by atoms with E-state index in [1.165, 1.54) is 35.6 Å². The van der Waals surface area contributed by atoms with Crippen LogP contribution in [-0.4, -0.2) is 48.8 Å². The van der Waals surface area contributed by atoms with Gasteiger partial charge < -0.3 is 10.4 Å². The lowest BCUT2D eigenvalue weighted by atomic mass is 9.99. The fourth-order valence-electron chi connectivity index (χ4n) is 2.13. The number of hydrogen-bond acceptors (Lipinski definition) is 4. The first-order valence-electron chi connectivity index (χ1n) is 8.14. The van der Waals surface area contributed by atoms with E-state index in [-0.39, 0.29) is 22.4 Å². The standard InChI is InChI=1S/C17H26N2O5S/c1-6-12(4)15(17(21)22)18-16(20)13-7-9-14(10-8-13)25(23,24)19(5)11(2)3/h7-12,15H,6H2,1-5H3,(H,18,20)(H,21,22)/t12-,15+/m1/s1. The zero-order valence-corrected chi connectivity index (χ0v) is 16.0. The van der Waals surface area contributed by atoms with Gasteiger partial charge in [-0.25, -0.2) is 13.2 Å². The van der Waals surface area contributed by atoms with Crippen LogP contribution in [0.3, 0.4) is 0 Å². The van der Waals surface area contributed by atoms with E-state index in [0.29, 0.717) is 6.42 Å². The van der Waals surface area contributed by atoms with Crippen LogP contribution in [0.15, 0.2) is 29.2 Å². The molecule has 2 N–H and O–H groups in total. The molecule has 8 heteroatoms. The second-order valence-electron chi connectivity index (χ2n) is 6.31. The number of sulfonamides is 1. The molecule has 0 aliphatic carbocycles. The van der Waals surface area contributed by atoms with Crippen LogP contribution in [0.5, 0.6) is 0 Å². The summed E-state index contributed by atoms with van der Waals surface area (Å²) in [5.74, 6) is -1.87. The van der Waals surface area contributed by atoms with Crippen molar-refractivity contribution in [2.45, 2.75) is 51.1 Å². The minimum atomic E-state index is -3.63. The third-order valence-corrected chi connectivity index (χ3v) is 6.33. The quantitative estimate of drug-likeness (QED) is 0.728. The first-order chi connectivity index (χ1) is 11.5. The number of carbonyl (C=O) groups is 2. The van der Waals surface area contributed by atoms with Crippen LogP contribution in [-0.2, 0) is 14.8 Å². The number of rotatable bonds is 8. The number of benzene rings is 1. The van der Waals surface area contributed by atoms with Crippen LogP contribution >= 0.6 is 0 Å². The van der Waals surface area contributed by atoms with Gasteiger partial charge >= 0.3 is 5.97 Å². The van der Waals surface area contributed by atoms with Crippen molar-refractivity contribution in [2.24, 2.45) is 5.92 Å². The van der Waals surface area contributed by atoms with Crippen molar-refractivity contribution in [1.29, 1.82) is 0 Å². The molecule has 0 heterocycles. The van der Waals surface area contributed by atoms with Crippen molar-refractivity contribution in [3.8, 4) is 0 Å². The number of amides is 1. The van der Waals surface area contributed by atoms with Gasteiger partial charge in [-0.1, -0.05) is 20.3 Å². The van der Waals surface area contributed by atoms with Gasteiger partial charge in [0, 0.05) is 18.7 Å². The van der Waals surface area contributed by atoms with Crippen molar-refractivity contribution in [3.05, 3.63) is 29.8 Å². The molecule has 1 rings (SSSR count). The first kappa shape index (κ1) is 21.1. The molecule has 1 aromatic carbocycles. The van der Waals surface area contributed by atoms with E-state index in [2.05, 4.69) is 5.32 Å². The normalized spacial score (nSPS) is 14.4. The maximum Gasteiger partial charge on any atom is 0.326 e. The zero-order chi connectivity index (χ0) is 19.4. The minimum Gasteiger partial charge on any atom is -0.480 e. The molecular formula is C17H26N2O5S. The Morgan fingerprint density at radius 1 is 1.16 bits per heavy atom. The third-order valence-electron chi connectivity index (χ3n) is 4.29. The van der Waals surface area contributed by atoms with E-state index in [1.807, 2.05) is 6.92 Å². The molecule has 0 aliphatic heterocycles. The molecule has 0 spiro atoms. The Kier molecular flexibility index (Phi) is 7.13. The van der Waals surface area contributed by atoms with Crippen LogP contribution < -0.4 is 5.32 Å². The topological polar surface area (TPSA) is 104 Å². The van der Waals surface area contributed by atoms with Gasteiger partial charge in [0.25, 0.3) is 5.91 Å². The molecule has 0 bridgehead atoms. The van der Waals surface area contributed by atoms with Gasteiger partial charge in [-0.15, -0.1) is 0 Å². The molecule has 1 amide bonds. The van der Waals surface area contributed by atoms with Gasteiger partial charge in [-0.3, -0.25) is 4.79 Å². The molecule has 7 nitrogen and oxygen atoms in total. The van der Waals surface area contributed by atoms with Gasteiger partial charge in [0.1, 0.15) is 6.04 Å². The Bertz CT molecular complexity index is 713. The van der Waals surface area contributed by atoms with Crippen molar-refractivity contribution in [2.75, 3.05) is 7.05 Å². The predicted molar refractivity (Wildman–Crippen MR) is 94.9 cm³/mol. The number of hydrogen-bond donors (Lipinski definition) is 2. The predicted octanol–water partition coefficient (Wildman–Crippen LogP) is 1.94. The summed E-state index contributed by atoms with van der Waals surface area (Å²) in [6.45, 7) is 7.12. The molecule has 25 heavy (non-hydrogen) atoms. The monoisotopic (exact) mass is 370 g/mol. The lowest BCUT2D eigenvalue weighted by Gasteiger charge is -2.21. The highest BCUT2D eigenvalue weighted by atomic mass is 32.2. The van der Waals surface area contributed by atoms with E-state index in [9.17, 15) is 23.1 Å². The Labute approximate surface area is 149 Å². The van der Waals surface area contributed by atoms with Crippen LogP contribution in [0.2, 0.25) is 0 Å². The molecule has 0 saturated carbocycles. The summed E-state index contributed by atoms with van der Waals surface area (Å²) in [6.07, 6.45) is 0.607. The number of nitrogens with zero attached hydrogens (tertiary/aromatic N) is 1. The average Bonchev–Trinajstić information content (AvgIpc) is 2.57. The van der Waals surface area contributed by atoms with Crippen molar-refractivity contribution < 1.29 is 23.1 Å². The second-order valence-corrected chi connectivity index (χ2v) is 8.31. The molecule has 0 radical (unpaired) electrons. The smallest absolute Gasteiger partial charge is 0.326 e. The van der Waals surface area contributed by atoms with E-state index in [1.54, 1.807) is 20.8 Å². The maximum atomic E-state index is 12.4. The highest BCUT2D eigenvalue weighted by Gasteiger charge is 2.26. The average molecular weight is 370 g/mol. The summed E-state index contributed by atoms with van der Waals surface area (Å²) in [7, 11) is -2.14. The molecule has 0 unspecified atom stereocenters. The molecule has 1 aromatic rings. The maximum absolute atomic E-state index is 12.4. The lowest BCUT2D eigenvalue weighted by Crippen LogP contribution is -2.45. The van der Waals surface area contributed by atoms with Crippen LogP contribution in [0.25, 0.3) is 0 Å². The Hall–Kier alpha value is -1.93. The summed E-state index contributed by atoms with van der Waals surface area (Å²) in [4.78, 5) is 23.6. The molecule has 0 saturated heterocycles. The van der Waals surface area contributed by atoms with Crippen LogP contribution in [0.4, 0.5) is 0 Å². The number of carboxylic acids is 1. The Balaban J connectivity index is 2.99. The highest BCUT2D eigenvalue weighted by molar-refractivity contribution is 7.89. The SMILES string of the molecule is CC[C@@H](C)[C@H](NC(=O)c1ccc(S(=O)(=O)N(C)C(C)C)cc1)C(=O)O. The fraction of sp³-hybridized carbons (Fsp3) is 0.529. The number of carbonyl (C=O) groups excluding carboxylic acids is 1. The molecule has 2 atom stereocenters. The van der Waals surface area contributed by atoms with Crippen molar-refractivity contribution in [1.82, 2.24) is 9.62 Å². The van der Waals surface area contributed by atoms with E-state index in [4.69, 9.17) is 0 Å².